The normalized spacial score (nSPS) is 14.9. The van der Waals surface area contributed by atoms with Crippen LogP contribution in [0.2, 0.25) is 0 Å². The molecule has 0 heterocycles. The first-order valence-electron chi connectivity index (χ1n) is 4.07. The van der Waals surface area contributed by atoms with Crippen LogP contribution >= 0.6 is 0 Å². The first-order chi connectivity index (χ1) is 4.76. The smallest absolute Gasteiger partial charge is 0.0748 e. The third-order valence-corrected chi connectivity index (χ3v) is 1.92. The van der Waals surface area contributed by atoms with Gasteiger partial charge in [0.25, 0.3) is 0 Å². The van der Waals surface area contributed by atoms with Crippen LogP contribution < -0.4 is 0 Å². The van der Waals surface area contributed by atoms with Crippen molar-refractivity contribution in [1.29, 1.82) is 0 Å². The third-order valence-electron chi connectivity index (χ3n) is 1.92. The fraction of sp³-hybridized carbons (Fsp3) is 0.778. The van der Waals surface area contributed by atoms with Gasteiger partial charge in [-0.1, -0.05) is 38.8 Å². The number of aliphatic hydroxyl groups excluding tert-OH is 1. The highest BCUT2D eigenvalue weighted by molar-refractivity contribution is 4.88. The van der Waals surface area contributed by atoms with Crippen molar-refractivity contribution in [3.05, 3.63) is 12.2 Å². The van der Waals surface area contributed by atoms with E-state index in [9.17, 15) is 5.11 Å². The van der Waals surface area contributed by atoms with E-state index in [1.165, 1.54) is 0 Å². The van der Waals surface area contributed by atoms with Gasteiger partial charge in [0.15, 0.2) is 0 Å². The summed E-state index contributed by atoms with van der Waals surface area (Å²) in [4.78, 5) is 0. The van der Waals surface area contributed by atoms with Crippen LogP contribution in [0, 0.1) is 5.92 Å². The molecule has 0 amide bonds. The lowest BCUT2D eigenvalue weighted by Gasteiger charge is -2.15. The van der Waals surface area contributed by atoms with Crippen molar-refractivity contribution >= 4 is 0 Å². The summed E-state index contributed by atoms with van der Waals surface area (Å²) in [5, 5.41) is 9.42. The quantitative estimate of drug-likeness (QED) is 0.597. The van der Waals surface area contributed by atoms with Gasteiger partial charge in [0, 0.05) is 0 Å². The highest BCUT2D eigenvalue weighted by atomic mass is 16.3. The maximum atomic E-state index is 9.42. The number of rotatable bonds is 4. The zero-order chi connectivity index (χ0) is 7.98. The Morgan fingerprint density at radius 3 is 2.10 bits per heavy atom. The minimum atomic E-state index is -0.236. The summed E-state index contributed by atoms with van der Waals surface area (Å²) >= 11 is 0. The highest BCUT2D eigenvalue weighted by Crippen LogP contribution is 2.13. The van der Waals surface area contributed by atoms with E-state index in [1.54, 1.807) is 0 Å². The third kappa shape index (κ3) is 3.02. The number of hydrogen-bond acceptors (Lipinski definition) is 1. The molecule has 1 heteroatoms. The van der Waals surface area contributed by atoms with E-state index < -0.39 is 0 Å². The molecule has 60 valence electrons. The average Bonchev–Trinajstić information content (AvgIpc) is 1.91. The summed E-state index contributed by atoms with van der Waals surface area (Å²) < 4.78 is 0. The topological polar surface area (TPSA) is 20.2 Å². The second kappa shape index (κ2) is 5.48. The monoisotopic (exact) mass is 142 g/mol. The molecule has 1 N–H and O–H groups in total. The summed E-state index contributed by atoms with van der Waals surface area (Å²) in [6.07, 6.45) is 5.64. The predicted octanol–water partition coefficient (Wildman–Crippen LogP) is 2.36. The van der Waals surface area contributed by atoms with Crippen LogP contribution in [0.3, 0.4) is 0 Å². The van der Waals surface area contributed by atoms with E-state index in [1.807, 2.05) is 19.1 Å². The molecule has 0 spiro atoms. The summed E-state index contributed by atoms with van der Waals surface area (Å²) in [5.74, 6) is 0.441. The number of aliphatic hydroxyl groups is 1. The largest absolute Gasteiger partial charge is 0.389 e. The van der Waals surface area contributed by atoms with E-state index in [2.05, 4.69) is 13.8 Å². The molecule has 0 rings (SSSR count). The Morgan fingerprint density at radius 1 is 1.30 bits per heavy atom. The van der Waals surface area contributed by atoms with Crippen molar-refractivity contribution in [2.45, 2.75) is 39.7 Å². The van der Waals surface area contributed by atoms with Gasteiger partial charge in [-0.05, 0) is 12.8 Å². The van der Waals surface area contributed by atoms with Gasteiger partial charge in [-0.3, -0.25) is 0 Å². The van der Waals surface area contributed by atoms with Gasteiger partial charge in [0.05, 0.1) is 6.10 Å². The molecule has 0 radical (unpaired) electrons. The molecule has 1 atom stereocenters. The van der Waals surface area contributed by atoms with Crippen LogP contribution in [0.15, 0.2) is 12.2 Å². The van der Waals surface area contributed by atoms with E-state index in [0.29, 0.717) is 5.92 Å². The molecule has 0 aromatic rings. The molecule has 1 unspecified atom stereocenters. The Labute approximate surface area is 63.8 Å². The van der Waals surface area contributed by atoms with Crippen LogP contribution in [0.25, 0.3) is 0 Å². The van der Waals surface area contributed by atoms with E-state index in [-0.39, 0.29) is 6.10 Å². The Balaban J connectivity index is 3.75. The maximum absolute atomic E-state index is 9.42. The van der Waals surface area contributed by atoms with Crippen molar-refractivity contribution < 1.29 is 5.11 Å². The number of hydrogen-bond donors (Lipinski definition) is 1. The van der Waals surface area contributed by atoms with Gasteiger partial charge < -0.3 is 5.11 Å². The molecule has 0 fully saturated rings. The molecular weight excluding hydrogens is 124 g/mol. The van der Waals surface area contributed by atoms with Gasteiger partial charge >= 0.3 is 0 Å². The molecule has 0 aliphatic rings. The van der Waals surface area contributed by atoms with Gasteiger partial charge in [0.2, 0.25) is 0 Å². The van der Waals surface area contributed by atoms with Crippen molar-refractivity contribution in [2.24, 2.45) is 5.92 Å². The van der Waals surface area contributed by atoms with Gasteiger partial charge in [-0.2, -0.15) is 0 Å². The van der Waals surface area contributed by atoms with Crippen LogP contribution in [0.5, 0.6) is 0 Å². The Hall–Kier alpha value is -0.300. The van der Waals surface area contributed by atoms with Crippen LogP contribution in [0.4, 0.5) is 0 Å². The standard InChI is InChI=1S/C9H18O/c1-4-7-9(10)8(5-2)6-3/h4,7-10H,5-6H2,1-3H3. The Morgan fingerprint density at radius 2 is 1.80 bits per heavy atom. The maximum Gasteiger partial charge on any atom is 0.0748 e. The summed E-state index contributed by atoms with van der Waals surface area (Å²) in [7, 11) is 0. The zero-order valence-corrected chi connectivity index (χ0v) is 7.17. The lowest BCUT2D eigenvalue weighted by atomic mass is 9.96. The minimum Gasteiger partial charge on any atom is -0.389 e. The second-order valence-corrected chi connectivity index (χ2v) is 2.59. The molecule has 0 aliphatic heterocycles. The van der Waals surface area contributed by atoms with E-state index in [4.69, 9.17) is 0 Å². The van der Waals surface area contributed by atoms with E-state index in [0.717, 1.165) is 12.8 Å². The van der Waals surface area contributed by atoms with Crippen molar-refractivity contribution in [3.63, 3.8) is 0 Å². The molecular formula is C9H18O. The number of allylic oxidation sites excluding steroid dienone is 1. The molecule has 0 aliphatic carbocycles. The SMILES string of the molecule is CC=CC(O)C(CC)CC. The minimum absolute atomic E-state index is 0.236. The van der Waals surface area contributed by atoms with Crippen LogP contribution in [-0.4, -0.2) is 11.2 Å². The van der Waals surface area contributed by atoms with Crippen molar-refractivity contribution in [2.75, 3.05) is 0 Å². The Kier molecular flexibility index (Phi) is 5.32. The average molecular weight is 142 g/mol. The molecule has 0 saturated carbocycles. The molecule has 1 nitrogen and oxygen atoms in total. The van der Waals surface area contributed by atoms with Gasteiger partial charge in [0.1, 0.15) is 0 Å². The van der Waals surface area contributed by atoms with Crippen LogP contribution in [0.1, 0.15) is 33.6 Å². The summed E-state index contributed by atoms with van der Waals surface area (Å²) in [5.41, 5.74) is 0. The molecule has 0 aromatic carbocycles. The van der Waals surface area contributed by atoms with Crippen molar-refractivity contribution in [3.8, 4) is 0 Å². The summed E-state index contributed by atoms with van der Waals surface area (Å²) in [6, 6.07) is 0. The zero-order valence-electron chi connectivity index (χ0n) is 7.17. The molecule has 0 bridgehead atoms. The Bertz CT molecular complexity index is 92.9. The molecule has 10 heavy (non-hydrogen) atoms. The van der Waals surface area contributed by atoms with Crippen molar-refractivity contribution in [1.82, 2.24) is 0 Å². The highest BCUT2D eigenvalue weighted by Gasteiger charge is 2.10. The fourth-order valence-electron chi connectivity index (χ4n) is 1.13. The van der Waals surface area contributed by atoms with Crippen LogP contribution in [-0.2, 0) is 0 Å². The van der Waals surface area contributed by atoms with Gasteiger partial charge in [-0.15, -0.1) is 0 Å². The first-order valence-corrected chi connectivity index (χ1v) is 4.07. The van der Waals surface area contributed by atoms with E-state index >= 15 is 0 Å². The predicted molar refractivity (Wildman–Crippen MR) is 44.9 cm³/mol. The summed E-state index contributed by atoms with van der Waals surface area (Å²) in [6.45, 7) is 6.16. The second-order valence-electron chi connectivity index (χ2n) is 2.59. The lowest BCUT2D eigenvalue weighted by molar-refractivity contribution is 0.146. The fourth-order valence-corrected chi connectivity index (χ4v) is 1.13. The molecule has 0 saturated heterocycles. The van der Waals surface area contributed by atoms with Gasteiger partial charge in [-0.25, -0.2) is 0 Å². The lowest BCUT2D eigenvalue weighted by Crippen LogP contribution is -2.15. The molecule has 0 aromatic heterocycles. The first kappa shape index (κ1) is 9.70.